The van der Waals surface area contributed by atoms with Crippen molar-refractivity contribution >= 4 is 11.8 Å². The second-order valence-electron chi connectivity index (χ2n) is 10.6. The summed E-state index contributed by atoms with van der Waals surface area (Å²) in [6, 6.07) is -0.136. The third-order valence-corrected chi connectivity index (χ3v) is 7.01. The van der Waals surface area contributed by atoms with Crippen LogP contribution in [0.15, 0.2) is 4.42 Å². The van der Waals surface area contributed by atoms with Gasteiger partial charge in [-0.2, -0.15) is 0 Å². The smallest absolute Gasteiger partial charge is 0.238 e. The van der Waals surface area contributed by atoms with Crippen molar-refractivity contribution in [1.29, 1.82) is 0 Å². The molecule has 2 atom stereocenters. The van der Waals surface area contributed by atoms with Crippen LogP contribution in [0.2, 0.25) is 0 Å². The molecule has 0 saturated carbocycles. The maximum Gasteiger partial charge on any atom is 0.238 e. The van der Waals surface area contributed by atoms with E-state index in [1.165, 1.54) is 0 Å². The van der Waals surface area contributed by atoms with Gasteiger partial charge in [-0.05, 0) is 51.4 Å². The summed E-state index contributed by atoms with van der Waals surface area (Å²) < 4.78 is 11.9. The van der Waals surface area contributed by atoms with E-state index in [-0.39, 0.29) is 35.3 Å². The van der Waals surface area contributed by atoms with Crippen LogP contribution in [0.1, 0.15) is 102 Å². The summed E-state index contributed by atoms with van der Waals surface area (Å²) in [6.45, 7) is 8.81. The highest BCUT2D eigenvalue weighted by molar-refractivity contribution is 5.81. The van der Waals surface area contributed by atoms with Gasteiger partial charge in [-0.15, -0.1) is 10.2 Å². The minimum atomic E-state index is -0.357. The number of amides is 2. The lowest BCUT2D eigenvalue weighted by Gasteiger charge is -2.35. The Labute approximate surface area is 191 Å². The quantitative estimate of drug-likeness (QED) is 0.698. The zero-order valence-corrected chi connectivity index (χ0v) is 19.8. The number of carbonyl (C=O) groups is 2. The third kappa shape index (κ3) is 5.33. The third-order valence-electron chi connectivity index (χ3n) is 7.01. The van der Waals surface area contributed by atoms with Crippen LogP contribution in [0, 0.1) is 5.41 Å². The van der Waals surface area contributed by atoms with E-state index in [4.69, 9.17) is 9.15 Å². The van der Waals surface area contributed by atoms with E-state index in [0.717, 1.165) is 64.5 Å². The first-order valence-corrected chi connectivity index (χ1v) is 12.4. The molecule has 3 aliphatic heterocycles. The van der Waals surface area contributed by atoms with E-state index < -0.39 is 0 Å². The van der Waals surface area contributed by atoms with Crippen LogP contribution in [0.3, 0.4) is 0 Å². The minimum Gasteiger partial charge on any atom is -0.423 e. The fourth-order valence-electron chi connectivity index (χ4n) is 5.12. The predicted molar refractivity (Wildman–Crippen MR) is 119 cm³/mol. The summed E-state index contributed by atoms with van der Waals surface area (Å²) in [6.07, 6.45) is 8.25. The normalized spacial score (nSPS) is 25.7. The van der Waals surface area contributed by atoms with E-state index in [2.05, 4.69) is 10.2 Å². The largest absolute Gasteiger partial charge is 0.423 e. The first-order chi connectivity index (χ1) is 15.3. The summed E-state index contributed by atoms with van der Waals surface area (Å²) in [5, 5.41) is 8.73. The van der Waals surface area contributed by atoms with Crippen LogP contribution >= 0.6 is 0 Å². The van der Waals surface area contributed by atoms with E-state index in [1.54, 1.807) is 0 Å². The molecule has 0 aliphatic carbocycles. The molecule has 32 heavy (non-hydrogen) atoms. The van der Waals surface area contributed by atoms with Crippen molar-refractivity contribution in [2.75, 3.05) is 26.2 Å². The lowest BCUT2D eigenvalue weighted by molar-refractivity contribution is -0.140. The van der Waals surface area contributed by atoms with Crippen LogP contribution < -0.4 is 0 Å². The maximum atomic E-state index is 13.1. The number of ether oxygens (including phenoxy) is 1. The summed E-state index contributed by atoms with van der Waals surface area (Å²) in [5.41, 5.74) is -0.357. The Hall–Kier alpha value is -1.96. The molecule has 8 nitrogen and oxygen atoms in total. The van der Waals surface area contributed by atoms with Gasteiger partial charge in [-0.3, -0.25) is 9.59 Å². The van der Waals surface area contributed by atoms with Gasteiger partial charge in [0.05, 0.1) is 12.5 Å². The first kappa shape index (κ1) is 23.2. The van der Waals surface area contributed by atoms with Crippen molar-refractivity contribution in [3.63, 3.8) is 0 Å². The number of hydrogen-bond acceptors (Lipinski definition) is 6. The molecule has 0 aromatic carbocycles. The molecule has 0 N–H and O–H groups in total. The van der Waals surface area contributed by atoms with Gasteiger partial charge in [0, 0.05) is 37.6 Å². The highest BCUT2D eigenvalue weighted by Gasteiger charge is 2.36. The molecule has 4 heterocycles. The monoisotopic (exact) mass is 446 g/mol. The van der Waals surface area contributed by atoms with Gasteiger partial charge in [0.1, 0.15) is 6.04 Å². The summed E-state index contributed by atoms with van der Waals surface area (Å²) >= 11 is 0. The average molecular weight is 447 g/mol. The number of likely N-dealkylation sites (tertiary alicyclic amines) is 2. The second kappa shape index (κ2) is 9.89. The zero-order chi connectivity index (χ0) is 22.7. The maximum absolute atomic E-state index is 13.1. The minimum absolute atomic E-state index is 0.0399. The Balaban J connectivity index is 1.37. The SMILES string of the molecule is CC(C)(C)C(=O)N1CCC(c2nnc(C3CCCCN3C(=O)CC3CCCCO3)o2)CC1. The molecule has 3 saturated heterocycles. The molecule has 2 unspecified atom stereocenters. The molecule has 4 rings (SSSR count). The topological polar surface area (TPSA) is 88.8 Å². The molecule has 2 amide bonds. The van der Waals surface area contributed by atoms with Crippen LogP contribution in [0.4, 0.5) is 0 Å². The fourth-order valence-corrected chi connectivity index (χ4v) is 5.12. The van der Waals surface area contributed by atoms with E-state index in [0.29, 0.717) is 31.3 Å². The second-order valence-corrected chi connectivity index (χ2v) is 10.6. The molecule has 1 aromatic heterocycles. The van der Waals surface area contributed by atoms with Crippen LogP contribution in [0.5, 0.6) is 0 Å². The van der Waals surface area contributed by atoms with Crippen LogP contribution in [-0.4, -0.2) is 64.2 Å². The molecule has 0 radical (unpaired) electrons. The van der Waals surface area contributed by atoms with Crippen LogP contribution in [-0.2, 0) is 14.3 Å². The Bertz CT molecular complexity index is 788. The van der Waals surface area contributed by atoms with Gasteiger partial charge in [-0.25, -0.2) is 0 Å². The van der Waals surface area contributed by atoms with Crippen LogP contribution in [0.25, 0.3) is 0 Å². The van der Waals surface area contributed by atoms with Crippen molar-refractivity contribution in [2.45, 2.75) is 96.6 Å². The van der Waals surface area contributed by atoms with E-state index in [9.17, 15) is 9.59 Å². The summed E-state index contributed by atoms with van der Waals surface area (Å²) in [5.74, 6) is 1.71. The Morgan fingerprint density at radius 1 is 0.938 bits per heavy atom. The molecular formula is C24H38N4O4. The van der Waals surface area contributed by atoms with Gasteiger partial charge in [0.2, 0.25) is 23.6 Å². The van der Waals surface area contributed by atoms with Crippen molar-refractivity contribution < 1.29 is 18.7 Å². The predicted octanol–water partition coefficient (Wildman–Crippen LogP) is 3.83. The van der Waals surface area contributed by atoms with Crippen molar-refractivity contribution in [2.24, 2.45) is 5.41 Å². The van der Waals surface area contributed by atoms with Gasteiger partial charge >= 0.3 is 0 Å². The lowest BCUT2D eigenvalue weighted by Crippen LogP contribution is -2.43. The molecule has 178 valence electrons. The van der Waals surface area contributed by atoms with Gasteiger partial charge in [-0.1, -0.05) is 20.8 Å². The number of hydrogen-bond donors (Lipinski definition) is 0. The van der Waals surface area contributed by atoms with E-state index in [1.807, 2.05) is 30.6 Å². The number of carbonyl (C=O) groups excluding carboxylic acids is 2. The highest BCUT2D eigenvalue weighted by Crippen LogP contribution is 2.34. The van der Waals surface area contributed by atoms with Crippen molar-refractivity contribution in [3.8, 4) is 0 Å². The van der Waals surface area contributed by atoms with Gasteiger partial charge in [0.15, 0.2) is 0 Å². The Morgan fingerprint density at radius 2 is 1.66 bits per heavy atom. The highest BCUT2D eigenvalue weighted by atomic mass is 16.5. The fraction of sp³-hybridized carbons (Fsp3) is 0.833. The van der Waals surface area contributed by atoms with Crippen molar-refractivity contribution in [3.05, 3.63) is 11.8 Å². The number of aromatic nitrogens is 2. The molecule has 3 fully saturated rings. The average Bonchev–Trinajstić information content (AvgIpc) is 3.29. The first-order valence-electron chi connectivity index (χ1n) is 12.4. The lowest BCUT2D eigenvalue weighted by atomic mass is 9.91. The van der Waals surface area contributed by atoms with Gasteiger partial charge in [0.25, 0.3) is 0 Å². The van der Waals surface area contributed by atoms with Crippen molar-refractivity contribution in [1.82, 2.24) is 20.0 Å². The molecule has 3 aliphatic rings. The number of rotatable bonds is 4. The standard InChI is InChI=1S/C24H38N4O4/c1-24(2,3)23(30)27-13-10-17(11-14-27)21-25-26-22(32-21)19-9-4-6-12-28(19)20(29)16-18-8-5-7-15-31-18/h17-19H,4-16H2,1-3H3. The molecule has 1 aromatic rings. The molecular weight excluding hydrogens is 408 g/mol. The zero-order valence-electron chi connectivity index (χ0n) is 19.8. The van der Waals surface area contributed by atoms with Gasteiger partial charge < -0.3 is 19.0 Å². The summed E-state index contributed by atoms with van der Waals surface area (Å²) in [7, 11) is 0. The molecule has 0 bridgehead atoms. The summed E-state index contributed by atoms with van der Waals surface area (Å²) in [4.78, 5) is 29.5. The molecule has 0 spiro atoms. The number of nitrogens with zero attached hydrogens (tertiary/aromatic N) is 4. The Kier molecular flexibility index (Phi) is 7.17. The molecule has 8 heteroatoms. The Morgan fingerprint density at radius 3 is 2.34 bits per heavy atom. The van der Waals surface area contributed by atoms with E-state index >= 15 is 0 Å². The number of piperidine rings is 2.